The topological polar surface area (TPSA) is 32.3 Å². The van der Waals surface area contributed by atoms with E-state index in [1.54, 1.807) is 11.3 Å². The summed E-state index contributed by atoms with van der Waals surface area (Å²) in [6.45, 7) is 3.05. The number of carbonyl (C=O) groups is 1. The van der Waals surface area contributed by atoms with Gasteiger partial charge in [-0.2, -0.15) is 0 Å². The zero-order valence-corrected chi connectivity index (χ0v) is 13.0. The van der Waals surface area contributed by atoms with Gasteiger partial charge in [0.2, 0.25) is 5.91 Å². The highest BCUT2D eigenvalue weighted by atomic mass is 32.1. The van der Waals surface area contributed by atoms with E-state index in [1.165, 1.54) is 24.1 Å². The van der Waals surface area contributed by atoms with Crippen LogP contribution in [-0.4, -0.2) is 23.4 Å². The molecule has 3 rings (SSSR count). The van der Waals surface area contributed by atoms with Gasteiger partial charge in [0.1, 0.15) is 6.17 Å². The maximum Gasteiger partial charge on any atom is 0.241 e. The molecular formula is C16H24N2OS. The van der Waals surface area contributed by atoms with E-state index in [0.29, 0.717) is 5.91 Å². The lowest BCUT2D eigenvalue weighted by molar-refractivity contribution is -0.130. The fraction of sp³-hybridized carbons (Fsp3) is 0.688. The molecule has 0 aromatic carbocycles. The van der Waals surface area contributed by atoms with Crippen molar-refractivity contribution in [1.82, 2.24) is 10.2 Å². The number of thiophene rings is 1. The molecule has 1 aliphatic carbocycles. The minimum atomic E-state index is 0.0213. The SMILES string of the molecule is CCCC1NC(c2cccs2)N(CCCC2CC2)C1=O. The van der Waals surface area contributed by atoms with Crippen LogP contribution in [0.4, 0.5) is 0 Å². The molecule has 1 aromatic rings. The number of hydrogen-bond donors (Lipinski definition) is 1. The molecule has 2 fully saturated rings. The Morgan fingerprint density at radius 1 is 1.40 bits per heavy atom. The van der Waals surface area contributed by atoms with Gasteiger partial charge < -0.3 is 4.90 Å². The number of carbonyl (C=O) groups excluding carboxylic acids is 1. The molecule has 1 N–H and O–H groups in total. The van der Waals surface area contributed by atoms with E-state index < -0.39 is 0 Å². The lowest BCUT2D eigenvalue weighted by Gasteiger charge is -2.23. The maximum absolute atomic E-state index is 12.6. The molecule has 4 heteroatoms. The monoisotopic (exact) mass is 292 g/mol. The summed E-state index contributed by atoms with van der Waals surface area (Å²) in [6, 6.07) is 4.23. The number of hydrogen-bond acceptors (Lipinski definition) is 3. The molecule has 0 spiro atoms. The highest BCUT2D eigenvalue weighted by Crippen LogP contribution is 2.35. The van der Waals surface area contributed by atoms with Crippen LogP contribution in [0.1, 0.15) is 56.5 Å². The van der Waals surface area contributed by atoms with Gasteiger partial charge in [-0.1, -0.05) is 32.3 Å². The Morgan fingerprint density at radius 3 is 2.90 bits per heavy atom. The number of nitrogens with one attached hydrogen (secondary N) is 1. The molecule has 2 atom stereocenters. The highest BCUT2D eigenvalue weighted by Gasteiger charge is 2.39. The highest BCUT2D eigenvalue weighted by molar-refractivity contribution is 7.10. The number of amides is 1. The predicted molar refractivity (Wildman–Crippen MR) is 82.6 cm³/mol. The summed E-state index contributed by atoms with van der Waals surface area (Å²) in [7, 11) is 0. The summed E-state index contributed by atoms with van der Waals surface area (Å²) in [4.78, 5) is 15.9. The third-order valence-electron chi connectivity index (χ3n) is 4.35. The Bertz CT molecular complexity index is 441. The molecule has 1 saturated heterocycles. The molecule has 110 valence electrons. The van der Waals surface area contributed by atoms with E-state index in [4.69, 9.17) is 0 Å². The van der Waals surface area contributed by atoms with Crippen LogP contribution < -0.4 is 5.32 Å². The van der Waals surface area contributed by atoms with Crippen molar-refractivity contribution in [3.63, 3.8) is 0 Å². The van der Waals surface area contributed by atoms with Crippen LogP contribution in [0.25, 0.3) is 0 Å². The fourth-order valence-corrected chi connectivity index (χ4v) is 3.85. The first-order valence-electron chi connectivity index (χ1n) is 7.89. The second kappa shape index (κ2) is 6.27. The van der Waals surface area contributed by atoms with Crippen molar-refractivity contribution in [2.24, 2.45) is 5.92 Å². The van der Waals surface area contributed by atoms with Crippen LogP contribution >= 0.6 is 11.3 Å². The van der Waals surface area contributed by atoms with Crippen molar-refractivity contribution < 1.29 is 4.79 Å². The molecule has 2 heterocycles. The molecule has 1 saturated carbocycles. The smallest absolute Gasteiger partial charge is 0.241 e. The van der Waals surface area contributed by atoms with E-state index >= 15 is 0 Å². The van der Waals surface area contributed by atoms with Gasteiger partial charge in [-0.15, -0.1) is 11.3 Å². The first-order chi connectivity index (χ1) is 9.79. The standard InChI is InChI=1S/C16H24N2OS/c1-2-5-13-16(19)18(10-3-6-12-8-9-12)15(17-13)14-7-4-11-20-14/h4,7,11-13,15,17H,2-3,5-6,8-10H2,1H3. The second-order valence-electron chi connectivity index (χ2n) is 6.04. The van der Waals surface area contributed by atoms with Crippen LogP contribution in [0.2, 0.25) is 0 Å². The summed E-state index contributed by atoms with van der Waals surface area (Å²) in [5.74, 6) is 1.26. The van der Waals surface area contributed by atoms with Gasteiger partial charge >= 0.3 is 0 Å². The molecule has 2 aliphatic rings. The average Bonchev–Trinajstić information content (AvgIpc) is 3.00. The molecule has 20 heavy (non-hydrogen) atoms. The van der Waals surface area contributed by atoms with Gasteiger partial charge in [0, 0.05) is 11.4 Å². The molecule has 1 aliphatic heterocycles. The zero-order valence-electron chi connectivity index (χ0n) is 12.2. The van der Waals surface area contributed by atoms with Crippen molar-refractivity contribution in [1.29, 1.82) is 0 Å². The quantitative estimate of drug-likeness (QED) is 0.833. The largest absolute Gasteiger partial charge is 0.321 e. The van der Waals surface area contributed by atoms with Crippen LogP contribution in [0.5, 0.6) is 0 Å². The summed E-state index contributed by atoms with van der Waals surface area (Å²) < 4.78 is 0. The summed E-state index contributed by atoms with van der Waals surface area (Å²) >= 11 is 1.74. The molecular weight excluding hydrogens is 268 g/mol. The van der Waals surface area contributed by atoms with Gasteiger partial charge in [-0.25, -0.2) is 0 Å². The molecule has 0 radical (unpaired) electrons. The van der Waals surface area contributed by atoms with Gasteiger partial charge in [0.15, 0.2) is 0 Å². The van der Waals surface area contributed by atoms with E-state index in [9.17, 15) is 4.79 Å². The van der Waals surface area contributed by atoms with E-state index in [0.717, 1.165) is 31.7 Å². The lowest BCUT2D eigenvalue weighted by atomic mass is 10.1. The average molecular weight is 292 g/mol. The van der Waals surface area contributed by atoms with Gasteiger partial charge in [0.25, 0.3) is 0 Å². The molecule has 2 unspecified atom stereocenters. The van der Waals surface area contributed by atoms with E-state index in [2.05, 4.69) is 34.7 Å². The van der Waals surface area contributed by atoms with E-state index in [1.807, 2.05) is 0 Å². The van der Waals surface area contributed by atoms with Crippen LogP contribution in [0.15, 0.2) is 17.5 Å². The van der Waals surface area contributed by atoms with Gasteiger partial charge in [0.05, 0.1) is 6.04 Å². The third-order valence-corrected chi connectivity index (χ3v) is 5.27. The predicted octanol–water partition coefficient (Wildman–Crippen LogP) is 3.54. The minimum Gasteiger partial charge on any atom is -0.321 e. The van der Waals surface area contributed by atoms with Gasteiger partial charge in [-0.3, -0.25) is 10.1 Å². The number of rotatable bonds is 7. The molecule has 3 nitrogen and oxygen atoms in total. The summed E-state index contributed by atoms with van der Waals surface area (Å²) in [5.41, 5.74) is 0. The van der Waals surface area contributed by atoms with Crippen molar-refractivity contribution in [3.8, 4) is 0 Å². The zero-order chi connectivity index (χ0) is 13.9. The Balaban J connectivity index is 1.66. The maximum atomic E-state index is 12.6. The van der Waals surface area contributed by atoms with Crippen molar-refractivity contribution in [2.75, 3.05) is 6.54 Å². The van der Waals surface area contributed by atoms with Gasteiger partial charge in [-0.05, 0) is 36.6 Å². The van der Waals surface area contributed by atoms with Crippen LogP contribution in [-0.2, 0) is 4.79 Å². The molecule has 1 aromatic heterocycles. The van der Waals surface area contributed by atoms with Crippen molar-refractivity contribution >= 4 is 17.2 Å². The summed E-state index contributed by atoms with van der Waals surface area (Å²) in [5, 5.41) is 5.63. The summed E-state index contributed by atoms with van der Waals surface area (Å²) in [6.07, 6.45) is 7.35. The van der Waals surface area contributed by atoms with Crippen molar-refractivity contribution in [3.05, 3.63) is 22.4 Å². The van der Waals surface area contributed by atoms with Crippen LogP contribution in [0.3, 0.4) is 0 Å². The number of nitrogens with zero attached hydrogens (tertiary/aromatic N) is 1. The van der Waals surface area contributed by atoms with Crippen molar-refractivity contribution in [2.45, 2.75) is 57.7 Å². The second-order valence-corrected chi connectivity index (χ2v) is 7.02. The Hall–Kier alpha value is -0.870. The normalized spacial score (nSPS) is 26.4. The third kappa shape index (κ3) is 3.07. The lowest BCUT2D eigenvalue weighted by Crippen LogP contribution is -2.31. The Labute approximate surface area is 125 Å². The first-order valence-corrected chi connectivity index (χ1v) is 8.77. The Kier molecular flexibility index (Phi) is 4.41. The fourth-order valence-electron chi connectivity index (χ4n) is 3.05. The van der Waals surface area contributed by atoms with Crippen LogP contribution in [0, 0.1) is 5.92 Å². The van der Waals surface area contributed by atoms with E-state index in [-0.39, 0.29) is 12.2 Å². The minimum absolute atomic E-state index is 0.0213. The first kappa shape index (κ1) is 14.1. The molecule has 0 bridgehead atoms. The molecule has 1 amide bonds. The Morgan fingerprint density at radius 2 is 2.25 bits per heavy atom.